The van der Waals surface area contributed by atoms with E-state index in [0.717, 1.165) is 18.0 Å². The number of thiophene rings is 1. The summed E-state index contributed by atoms with van der Waals surface area (Å²) in [5.41, 5.74) is 3.42. The standard InChI is InChI=1S/C12H15BrN2OS/c1-7(12-8(2)15-16-9(12)3)14-5-10-4-11(13)17-6-10/h4,6-7,14H,5H2,1-3H3. The molecule has 92 valence electrons. The maximum absolute atomic E-state index is 5.18. The van der Waals surface area contributed by atoms with E-state index in [1.54, 1.807) is 11.3 Å². The molecule has 1 unspecified atom stereocenters. The minimum Gasteiger partial charge on any atom is -0.361 e. The van der Waals surface area contributed by atoms with Gasteiger partial charge in [0, 0.05) is 18.2 Å². The Labute approximate surface area is 113 Å². The Bertz CT molecular complexity index is 487. The molecule has 0 saturated heterocycles. The summed E-state index contributed by atoms with van der Waals surface area (Å²) in [5, 5.41) is 9.61. The quantitative estimate of drug-likeness (QED) is 0.928. The van der Waals surface area contributed by atoms with Crippen LogP contribution in [0.3, 0.4) is 0 Å². The van der Waals surface area contributed by atoms with Crippen molar-refractivity contribution >= 4 is 27.3 Å². The fourth-order valence-corrected chi connectivity index (χ4v) is 3.13. The predicted molar refractivity (Wildman–Crippen MR) is 73.3 cm³/mol. The molecule has 0 radical (unpaired) electrons. The van der Waals surface area contributed by atoms with Crippen molar-refractivity contribution in [1.82, 2.24) is 10.5 Å². The van der Waals surface area contributed by atoms with Gasteiger partial charge in [0.2, 0.25) is 0 Å². The maximum atomic E-state index is 5.18. The van der Waals surface area contributed by atoms with Crippen molar-refractivity contribution in [3.63, 3.8) is 0 Å². The number of nitrogens with one attached hydrogen (secondary N) is 1. The second-order valence-electron chi connectivity index (χ2n) is 4.10. The second-order valence-corrected chi connectivity index (χ2v) is 6.39. The van der Waals surface area contributed by atoms with Crippen molar-refractivity contribution in [3.8, 4) is 0 Å². The summed E-state index contributed by atoms with van der Waals surface area (Å²) in [7, 11) is 0. The topological polar surface area (TPSA) is 38.1 Å². The van der Waals surface area contributed by atoms with Gasteiger partial charge in [-0.15, -0.1) is 11.3 Å². The Morgan fingerprint density at radius 2 is 2.29 bits per heavy atom. The third-order valence-corrected chi connectivity index (χ3v) is 4.31. The molecule has 1 N–H and O–H groups in total. The van der Waals surface area contributed by atoms with Gasteiger partial charge in [-0.2, -0.15) is 0 Å². The van der Waals surface area contributed by atoms with Gasteiger partial charge in [-0.1, -0.05) is 5.16 Å². The van der Waals surface area contributed by atoms with Crippen LogP contribution in [-0.2, 0) is 6.54 Å². The average Bonchev–Trinajstić information content (AvgIpc) is 2.83. The summed E-state index contributed by atoms with van der Waals surface area (Å²) in [6.45, 7) is 6.92. The predicted octanol–water partition coefficient (Wildman–Crippen LogP) is 3.97. The first-order chi connectivity index (χ1) is 8.08. The molecule has 0 aliphatic carbocycles. The van der Waals surface area contributed by atoms with E-state index >= 15 is 0 Å². The Kier molecular flexibility index (Phi) is 4.01. The number of aryl methyl sites for hydroxylation is 2. The van der Waals surface area contributed by atoms with Gasteiger partial charge in [-0.05, 0) is 53.7 Å². The molecule has 2 rings (SSSR count). The van der Waals surface area contributed by atoms with Gasteiger partial charge in [-0.3, -0.25) is 0 Å². The minimum absolute atomic E-state index is 0.250. The molecular weight excluding hydrogens is 300 g/mol. The number of rotatable bonds is 4. The molecule has 0 amide bonds. The van der Waals surface area contributed by atoms with Crippen LogP contribution >= 0.6 is 27.3 Å². The highest BCUT2D eigenvalue weighted by Crippen LogP contribution is 2.23. The summed E-state index contributed by atoms with van der Waals surface area (Å²) < 4.78 is 6.34. The third kappa shape index (κ3) is 2.97. The van der Waals surface area contributed by atoms with Gasteiger partial charge < -0.3 is 9.84 Å². The first-order valence-corrected chi connectivity index (χ1v) is 7.14. The van der Waals surface area contributed by atoms with Crippen LogP contribution in [0.15, 0.2) is 19.8 Å². The molecule has 0 saturated carbocycles. The van der Waals surface area contributed by atoms with E-state index in [9.17, 15) is 0 Å². The summed E-state index contributed by atoms with van der Waals surface area (Å²) >= 11 is 5.17. The highest BCUT2D eigenvalue weighted by atomic mass is 79.9. The highest BCUT2D eigenvalue weighted by Gasteiger charge is 2.15. The normalized spacial score (nSPS) is 12.9. The lowest BCUT2D eigenvalue weighted by atomic mass is 10.1. The van der Waals surface area contributed by atoms with E-state index in [-0.39, 0.29) is 6.04 Å². The monoisotopic (exact) mass is 314 g/mol. The van der Waals surface area contributed by atoms with Gasteiger partial charge in [0.1, 0.15) is 5.76 Å². The third-order valence-electron chi connectivity index (χ3n) is 2.76. The van der Waals surface area contributed by atoms with E-state index in [4.69, 9.17) is 4.52 Å². The van der Waals surface area contributed by atoms with Crippen LogP contribution in [0.25, 0.3) is 0 Å². The number of hydrogen-bond donors (Lipinski definition) is 1. The van der Waals surface area contributed by atoms with Crippen molar-refractivity contribution in [2.24, 2.45) is 0 Å². The number of aromatic nitrogens is 1. The average molecular weight is 315 g/mol. The Balaban J connectivity index is 2.00. The molecule has 2 aromatic heterocycles. The molecule has 2 aromatic rings. The van der Waals surface area contributed by atoms with Crippen LogP contribution in [0.2, 0.25) is 0 Å². The molecule has 0 fully saturated rings. The summed E-state index contributed by atoms with van der Waals surface area (Å²) in [5.74, 6) is 0.897. The molecule has 3 nitrogen and oxygen atoms in total. The molecule has 5 heteroatoms. The Morgan fingerprint density at radius 1 is 1.53 bits per heavy atom. The van der Waals surface area contributed by atoms with Crippen molar-refractivity contribution < 1.29 is 4.52 Å². The summed E-state index contributed by atoms with van der Waals surface area (Å²) in [4.78, 5) is 0. The molecule has 0 aromatic carbocycles. The first kappa shape index (κ1) is 12.8. The molecule has 0 aliphatic rings. The molecule has 0 aliphatic heterocycles. The van der Waals surface area contributed by atoms with Gasteiger partial charge in [0.05, 0.1) is 9.48 Å². The van der Waals surface area contributed by atoms with Gasteiger partial charge >= 0.3 is 0 Å². The highest BCUT2D eigenvalue weighted by molar-refractivity contribution is 9.11. The van der Waals surface area contributed by atoms with E-state index in [1.807, 2.05) is 13.8 Å². The number of nitrogens with zero attached hydrogens (tertiary/aromatic N) is 1. The lowest BCUT2D eigenvalue weighted by Gasteiger charge is -2.12. The van der Waals surface area contributed by atoms with E-state index in [1.165, 1.54) is 14.9 Å². The van der Waals surface area contributed by atoms with Crippen LogP contribution in [-0.4, -0.2) is 5.16 Å². The lowest BCUT2D eigenvalue weighted by molar-refractivity contribution is 0.390. The molecule has 1 atom stereocenters. The second kappa shape index (κ2) is 5.33. The number of halogens is 1. The van der Waals surface area contributed by atoms with E-state index in [0.29, 0.717) is 0 Å². The van der Waals surface area contributed by atoms with Crippen molar-refractivity contribution in [3.05, 3.63) is 37.8 Å². The van der Waals surface area contributed by atoms with Crippen LogP contribution in [0.4, 0.5) is 0 Å². The summed E-state index contributed by atoms with van der Waals surface area (Å²) in [6.07, 6.45) is 0. The lowest BCUT2D eigenvalue weighted by Crippen LogP contribution is -2.18. The van der Waals surface area contributed by atoms with Crippen molar-refractivity contribution in [1.29, 1.82) is 0 Å². The van der Waals surface area contributed by atoms with Gasteiger partial charge in [0.25, 0.3) is 0 Å². The fourth-order valence-electron chi connectivity index (χ4n) is 1.92. The Hall–Kier alpha value is -0.650. The largest absolute Gasteiger partial charge is 0.361 e. The van der Waals surface area contributed by atoms with E-state index in [2.05, 4.69) is 44.8 Å². The first-order valence-electron chi connectivity index (χ1n) is 5.47. The molecule has 2 heterocycles. The smallest absolute Gasteiger partial charge is 0.138 e. The summed E-state index contributed by atoms with van der Waals surface area (Å²) in [6, 6.07) is 2.39. The van der Waals surface area contributed by atoms with Gasteiger partial charge in [0.15, 0.2) is 0 Å². The van der Waals surface area contributed by atoms with Crippen LogP contribution in [0.5, 0.6) is 0 Å². The van der Waals surface area contributed by atoms with E-state index < -0.39 is 0 Å². The van der Waals surface area contributed by atoms with Crippen LogP contribution in [0.1, 0.15) is 35.5 Å². The van der Waals surface area contributed by atoms with Crippen molar-refractivity contribution in [2.45, 2.75) is 33.4 Å². The van der Waals surface area contributed by atoms with Gasteiger partial charge in [-0.25, -0.2) is 0 Å². The van der Waals surface area contributed by atoms with Crippen LogP contribution < -0.4 is 5.32 Å². The zero-order valence-electron chi connectivity index (χ0n) is 10.1. The minimum atomic E-state index is 0.250. The number of hydrogen-bond acceptors (Lipinski definition) is 4. The zero-order valence-corrected chi connectivity index (χ0v) is 12.5. The van der Waals surface area contributed by atoms with Crippen LogP contribution in [0, 0.1) is 13.8 Å². The maximum Gasteiger partial charge on any atom is 0.138 e. The molecule has 17 heavy (non-hydrogen) atoms. The SMILES string of the molecule is Cc1noc(C)c1C(C)NCc1csc(Br)c1. The molecule has 0 bridgehead atoms. The Morgan fingerprint density at radius 3 is 2.82 bits per heavy atom. The molecule has 0 spiro atoms. The molecular formula is C12H15BrN2OS. The van der Waals surface area contributed by atoms with Crippen molar-refractivity contribution in [2.75, 3.05) is 0 Å². The zero-order chi connectivity index (χ0) is 12.4. The fraction of sp³-hybridized carbons (Fsp3) is 0.417.